The van der Waals surface area contributed by atoms with E-state index in [1.807, 2.05) is 18.2 Å². The van der Waals surface area contributed by atoms with E-state index < -0.39 is 0 Å². The van der Waals surface area contributed by atoms with Gasteiger partial charge in [-0.25, -0.2) is 0 Å². The summed E-state index contributed by atoms with van der Waals surface area (Å²) in [5.41, 5.74) is 5.99. The summed E-state index contributed by atoms with van der Waals surface area (Å²) in [5.74, 6) is 1.48. The molecule has 28 heavy (non-hydrogen) atoms. The fraction of sp³-hybridized carbons (Fsp3) is 0.348. The van der Waals surface area contributed by atoms with E-state index in [9.17, 15) is 4.79 Å². The maximum absolute atomic E-state index is 12.8. The number of carbonyl (C=O) groups is 1. The summed E-state index contributed by atoms with van der Waals surface area (Å²) in [7, 11) is 3.23. The van der Waals surface area contributed by atoms with Gasteiger partial charge in [-0.3, -0.25) is 4.79 Å². The van der Waals surface area contributed by atoms with Gasteiger partial charge >= 0.3 is 0 Å². The lowest BCUT2D eigenvalue weighted by molar-refractivity contribution is -0.125. The highest BCUT2D eigenvalue weighted by molar-refractivity contribution is 5.87. The second-order valence-corrected chi connectivity index (χ2v) is 7.48. The smallest absolute Gasteiger partial charge is 0.223 e. The molecule has 0 aliphatic heterocycles. The van der Waals surface area contributed by atoms with E-state index in [4.69, 9.17) is 9.47 Å². The van der Waals surface area contributed by atoms with E-state index in [0.717, 1.165) is 24.8 Å². The largest absolute Gasteiger partial charge is 0.493 e. The molecule has 1 aliphatic rings. The lowest BCUT2D eigenvalue weighted by Gasteiger charge is -2.22. The Morgan fingerprint density at radius 2 is 1.96 bits per heavy atom. The second kappa shape index (κ2) is 7.58. The molecule has 5 heteroatoms. The van der Waals surface area contributed by atoms with Gasteiger partial charge in [0.15, 0.2) is 11.5 Å². The Bertz CT molecular complexity index is 1020. The van der Waals surface area contributed by atoms with Crippen LogP contribution in [-0.2, 0) is 24.2 Å². The fourth-order valence-electron chi connectivity index (χ4n) is 4.08. The molecule has 3 aromatic rings. The molecule has 0 fully saturated rings. The quantitative estimate of drug-likeness (QED) is 0.707. The molecule has 146 valence electrons. The Morgan fingerprint density at radius 3 is 2.75 bits per heavy atom. The number of nitrogens with one attached hydrogen (secondary N) is 2. The van der Waals surface area contributed by atoms with Crippen molar-refractivity contribution in [3.05, 3.63) is 58.8 Å². The molecule has 1 atom stereocenters. The van der Waals surface area contributed by atoms with Gasteiger partial charge in [0, 0.05) is 29.1 Å². The van der Waals surface area contributed by atoms with Gasteiger partial charge in [0.2, 0.25) is 5.91 Å². The molecule has 5 nitrogen and oxygen atoms in total. The maximum Gasteiger partial charge on any atom is 0.223 e. The van der Waals surface area contributed by atoms with Crippen molar-refractivity contribution in [2.45, 2.75) is 32.7 Å². The van der Waals surface area contributed by atoms with Crippen LogP contribution < -0.4 is 14.8 Å². The molecule has 0 bridgehead atoms. The molecule has 1 amide bonds. The molecule has 1 aromatic heterocycles. The van der Waals surface area contributed by atoms with Gasteiger partial charge in [-0.2, -0.15) is 0 Å². The number of hydrogen-bond donors (Lipinski definition) is 2. The number of carbonyl (C=O) groups excluding carboxylic acids is 1. The van der Waals surface area contributed by atoms with Crippen molar-refractivity contribution in [3.63, 3.8) is 0 Å². The molecule has 4 rings (SSSR count). The number of fused-ring (bicyclic) bond motifs is 3. The summed E-state index contributed by atoms with van der Waals surface area (Å²) >= 11 is 0. The topological polar surface area (TPSA) is 63.3 Å². The van der Waals surface area contributed by atoms with Crippen LogP contribution in [0.15, 0.2) is 36.4 Å². The molecule has 2 N–H and O–H groups in total. The summed E-state index contributed by atoms with van der Waals surface area (Å²) < 4.78 is 10.6. The zero-order valence-corrected chi connectivity index (χ0v) is 16.6. The Morgan fingerprint density at radius 1 is 1.14 bits per heavy atom. The lowest BCUT2D eigenvalue weighted by Crippen LogP contribution is -2.33. The van der Waals surface area contributed by atoms with E-state index >= 15 is 0 Å². The lowest BCUT2D eigenvalue weighted by atomic mass is 9.85. The highest BCUT2D eigenvalue weighted by Gasteiger charge is 2.27. The van der Waals surface area contributed by atoms with Crippen LogP contribution in [0.3, 0.4) is 0 Å². The van der Waals surface area contributed by atoms with Crippen LogP contribution in [0.1, 0.15) is 28.8 Å². The zero-order valence-electron chi connectivity index (χ0n) is 16.6. The average Bonchev–Trinajstić information content (AvgIpc) is 3.08. The van der Waals surface area contributed by atoms with Gasteiger partial charge in [0.25, 0.3) is 0 Å². The van der Waals surface area contributed by atoms with Crippen LogP contribution in [0.2, 0.25) is 0 Å². The minimum Gasteiger partial charge on any atom is -0.493 e. The predicted octanol–water partition coefficient (Wildman–Crippen LogP) is 3.91. The monoisotopic (exact) mass is 378 g/mol. The zero-order chi connectivity index (χ0) is 19.7. The number of rotatable bonds is 5. The van der Waals surface area contributed by atoms with Gasteiger partial charge in [-0.15, -0.1) is 0 Å². The molecular weight excluding hydrogens is 352 g/mol. The Balaban J connectivity index is 1.45. The third kappa shape index (κ3) is 3.44. The van der Waals surface area contributed by atoms with Crippen LogP contribution in [0.5, 0.6) is 11.5 Å². The van der Waals surface area contributed by atoms with E-state index in [1.54, 1.807) is 14.2 Å². The van der Waals surface area contributed by atoms with Gasteiger partial charge < -0.3 is 19.8 Å². The highest BCUT2D eigenvalue weighted by atomic mass is 16.5. The predicted molar refractivity (Wildman–Crippen MR) is 110 cm³/mol. The van der Waals surface area contributed by atoms with Crippen molar-refractivity contribution < 1.29 is 14.3 Å². The minimum absolute atomic E-state index is 0.00663. The van der Waals surface area contributed by atoms with Crippen molar-refractivity contribution in [2.75, 3.05) is 14.2 Å². The molecule has 1 unspecified atom stereocenters. The summed E-state index contributed by atoms with van der Waals surface area (Å²) in [5, 5.41) is 4.35. The number of aryl methyl sites for hydroxylation is 2. The van der Waals surface area contributed by atoms with E-state index in [2.05, 4.69) is 35.4 Å². The van der Waals surface area contributed by atoms with Crippen LogP contribution >= 0.6 is 0 Å². The molecule has 0 saturated carbocycles. The van der Waals surface area contributed by atoms with E-state index in [-0.39, 0.29) is 11.8 Å². The minimum atomic E-state index is 0.00663. The first-order valence-corrected chi connectivity index (χ1v) is 9.67. The number of benzene rings is 2. The van der Waals surface area contributed by atoms with Gasteiger partial charge in [0.05, 0.1) is 14.2 Å². The van der Waals surface area contributed by atoms with Crippen LogP contribution in [-0.4, -0.2) is 25.1 Å². The van der Waals surface area contributed by atoms with Gasteiger partial charge in [0.1, 0.15) is 0 Å². The van der Waals surface area contributed by atoms with E-state index in [0.29, 0.717) is 18.0 Å². The van der Waals surface area contributed by atoms with Gasteiger partial charge in [-0.1, -0.05) is 17.7 Å². The molecule has 1 heterocycles. The first-order chi connectivity index (χ1) is 13.6. The average molecular weight is 378 g/mol. The highest BCUT2D eigenvalue weighted by Crippen LogP contribution is 2.32. The molecule has 1 aliphatic carbocycles. The number of ether oxygens (including phenoxy) is 2. The Labute approximate surface area is 165 Å². The Kier molecular flexibility index (Phi) is 4.99. The molecule has 0 radical (unpaired) electrons. The van der Waals surface area contributed by atoms with Crippen molar-refractivity contribution in [2.24, 2.45) is 5.92 Å². The van der Waals surface area contributed by atoms with Crippen LogP contribution in [0, 0.1) is 12.8 Å². The molecule has 0 saturated heterocycles. The number of aromatic nitrogens is 1. The first kappa shape index (κ1) is 18.4. The number of amides is 1. The summed E-state index contributed by atoms with van der Waals surface area (Å²) in [6.07, 6.45) is 2.57. The first-order valence-electron chi connectivity index (χ1n) is 9.67. The number of H-pyrrole nitrogens is 1. The van der Waals surface area contributed by atoms with Crippen molar-refractivity contribution >= 4 is 16.8 Å². The Hall–Kier alpha value is -2.95. The van der Waals surface area contributed by atoms with E-state index in [1.165, 1.54) is 27.7 Å². The van der Waals surface area contributed by atoms with Crippen molar-refractivity contribution in [1.82, 2.24) is 10.3 Å². The summed E-state index contributed by atoms with van der Waals surface area (Å²) in [6.45, 7) is 2.59. The van der Waals surface area contributed by atoms with Crippen molar-refractivity contribution in [3.8, 4) is 11.5 Å². The molecule has 2 aromatic carbocycles. The summed E-state index contributed by atoms with van der Waals surface area (Å²) in [4.78, 5) is 16.3. The number of aromatic amines is 1. The van der Waals surface area contributed by atoms with Gasteiger partial charge in [-0.05, 0) is 61.6 Å². The number of methoxy groups -OCH3 is 2. The summed E-state index contributed by atoms with van der Waals surface area (Å²) in [6, 6.07) is 12.2. The maximum atomic E-state index is 12.8. The normalized spacial score (nSPS) is 15.9. The molecular formula is C23H26N2O3. The third-order valence-electron chi connectivity index (χ3n) is 5.63. The van der Waals surface area contributed by atoms with Crippen molar-refractivity contribution in [1.29, 1.82) is 0 Å². The fourth-order valence-corrected chi connectivity index (χ4v) is 4.08. The SMILES string of the molecule is COc1ccc(CNC(=O)C2CCc3[nH]c4ccc(C)cc4c3C2)cc1OC. The number of hydrogen-bond acceptors (Lipinski definition) is 3. The second-order valence-electron chi connectivity index (χ2n) is 7.48. The standard InChI is InChI=1S/C23H26N2O3/c1-14-4-7-19-17(10-14)18-12-16(6-8-20(18)25-19)23(26)24-13-15-5-9-21(27-2)22(11-15)28-3/h4-5,7,9-11,16,25H,6,8,12-13H2,1-3H3,(H,24,26). The van der Waals surface area contributed by atoms with Crippen LogP contribution in [0.4, 0.5) is 0 Å². The van der Waals surface area contributed by atoms with Crippen LogP contribution in [0.25, 0.3) is 10.9 Å². The third-order valence-corrected chi connectivity index (χ3v) is 5.63. The molecule has 0 spiro atoms.